The van der Waals surface area contributed by atoms with E-state index in [1.165, 1.54) is 11.1 Å². The first kappa shape index (κ1) is 26.4. The van der Waals surface area contributed by atoms with E-state index in [4.69, 9.17) is 14.2 Å². The third-order valence-corrected chi connectivity index (χ3v) is 8.37. The molecule has 0 saturated carbocycles. The number of aryl methyl sites for hydroxylation is 1. The Morgan fingerprint density at radius 2 is 2.03 bits per heavy atom. The fourth-order valence-electron chi connectivity index (χ4n) is 5.86. The molecule has 0 radical (unpaired) electrons. The molecule has 1 unspecified atom stereocenters. The van der Waals surface area contributed by atoms with E-state index in [2.05, 4.69) is 67.7 Å². The first-order chi connectivity index (χ1) is 18.4. The van der Waals surface area contributed by atoms with Crippen molar-refractivity contribution in [1.82, 2.24) is 9.80 Å². The maximum Gasteiger partial charge on any atom is 0.231 e. The number of piperidine rings is 1. The molecule has 6 heteroatoms. The van der Waals surface area contributed by atoms with Gasteiger partial charge in [-0.2, -0.15) is 0 Å². The van der Waals surface area contributed by atoms with Crippen molar-refractivity contribution in [3.8, 4) is 17.2 Å². The lowest BCUT2D eigenvalue weighted by atomic mass is 9.72. The zero-order chi connectivity index (χ0) is 26.6. The molecule has 0 N–H and O–H groups in total. The quantitative estimate of drug-likeness (QED) is 0.338. The van der Waals surface area contributed by atoms with Gasteiger partial charge in [0.2, 0.25) is 6.79 Å². The zero-order valence-corrected chi connectivity index (χ0v) is 22.7. The van der Waals surface area contributed by atoms with Crippen molar-refractivity contribution in [2.24, 2.45) is 17.8 Å². The van der Waals surface area contributed by atoms with Gasteiger partial charge in [0.1, 0.15) is 11.6 Å². The van der Waals surface area contributed by atoms with Gasteiger partial charge in [0.15, 0.2) is 17.4 Å². The summed E-state index contributed by atoms with van der Waals surface area (Å²) in [7, 11) is 4.16. The summed E-state index contributed by atoms with van der Waals surface area (Å²) in [6, 6.07) is 14.8. The van der Waals surface area contributed by atoms with Crippen LogP contribution >= 0.6 is 0 Å². The summed E-state index contributed by atoms with van der Waals surface area (Å²) in [5, 5.41) is 0. The Balaban J connectivity index is 1.27. The molecule has 1 fully saturated rings. The Morgan fingerprint density at radius 3 is 2.82 bits per heavy atom. The number of fused-ring (bicyclic) bond motifs is 1. The van der Waals surface area contributed by atoms with Crippen LogP contribution in [0.1, 0.15) is 43.4 Å². The minimum atomic E-state index is -0.122. The molecule has 0 spiro atoms. The van der Waals surface area contributed by atoms with Crippen LogP contribution in [0.4, 0.5) is 4.39 Å². The lowest BCUT2D eigenvalue weighted by Gasteiger charge is -2.43. The van der Waals surface area contributed by atoms with E-state index in [0.29, 0.717) is 29.7 Å². The second-order valence-corrected chi connectivity index (χ2v) is 10.9. The molecule has 5 nitrogen and oxygen atoms in total. The number of allylic oxidation sites excluding steroid dienone is 4. The molecular formula is C32H39FN2O3. The minimum absolute atomic E-state index is 0.122. The normalized spacial score (nSPS) is 23.3. The Hall–Kier alpha value is -3.25. The largest absolute Gasteiger partial charge is 0.454 e. The van der Waals surface area contributed by atoms with Gasteiger partial charge in [-0.25, -0.2) is 4.39 Å². The summed E-state index contributed by atoms with van der Waals surface area (Å²) in [6.45, 7) is 8.54. The summed E-state index contributed by atoms with van der Waals surface area (Å²) < 4.78 is 31.1. The van der Waals surface area contributed by atoms with Crippen LogP contribution in [-0.2, 0) is 6.42 Å². The van der Waals surface area contributed by atoms with Crippen LogP contribution in [0.5, 0.6) is 17.2 Å². The number of benzene rings is 2. The molecule has 2 heterocycles. The highest BCUT2D eigenvalue weighted by Crippen LogP contribution is 2.39. The Labute approximate surface area is 226 Å². The van der Waals surface area contributed by atoms with E-state index in [9.17, 15) is 4.39 Å². The first-order valence-electron chi connectivity index (χ1n) is 13.7. The molecule has 3 aliphatic rings. The van der Waals surface area contributed by atoms with Crippen LogP contribution < -0.4 is 14.2 Å². The second kappa shape index (κ2) is 11.6. The molecule has 202 valence electrons. The first-order valence-corrected chi connectivity index (χ1v) is 13.7. The molecule has 5 rings (SSSR count). The number of halogens is 1. The maximum atomic E-state index is 13.7. The molecule has 4 atom stereocenters. The Morgan fingerprint density at radius 1 is 1.18 bits per heavy atom. The van der Waals surface area contributed by atoms with Crippen molar-refractivity contribution in [2.45, 2.75) is 38.6 Å². The van der Waals surface area contributed by atoms with Crippen LogP contribution in [0.3, 0.4) is 0 Å². The topological polar surface area (TPSA) is 34.2 Å². The monoisotopic (exact) mass is 518 g/mol. The number of likely N-dealkylation sites (tertiary alicyclic amines) is 1. The predicted molar refractivity (Wildman–Crippen MR) is 149 cm³/mol. The highest BCUT2D eigenvalue weighted by molar-refractivity contribution is 5.44. The summed E-state index contributed by atoms with van der Waals surface area (Å²) in [6.07, 6.45) is 9.21. The number of hydrogen-bond acceptors (Lipinski definition) is 5. The van der Waals surface area contributed by atoms with Gasteiger partial charge < -0.3 is 24.0 Å². The molecule has 2 aliphatic heterocycles. The Bertz CT molecular complexity index is 1210. The smallest absolute Gasteiger partial charge is 0.231 e. The van der Waals surface area contributed by atoms with Crippen LogP contribution in [0.2, 0.25) is 0 Å². The lowest BCUT2D eigenvalue weighted by Crippen LogP contribution is -2.43. The van der Waals surface area contributed by atoms with Crippen LogP contribution in [0.25, 0.3) is 0 Å². The molecule has 1 saturated heterocycles. The average Bonchev–Trinajstić information content (AvgIpc) is 3.40. The molecule has 2 aromatic carbocycles. The maximum absolute atomic E-state index is 13.7. The lowest BCUT2D eigenvalue weighted by molar-refractivity contribution is 0.0820. The van der Waals surface area contributed by atoms with E-state index < -0.39 is 0 Å². The van der Waals surface area contributed by atoms with Gasteiger partial charge in [-0.1, -0.05) is 24.3 Å². The summed E-state index contributed by atoms with van der Waals surface area (Å²) in [5.74, 6) is 4.30. The van der Waals surface area contributed by atoms with E-state index in [1.54, 1.807) is 12.2 Å². The average molecular weight is 519 g/mol. The SMILES string of the molecule is C=C(Oc1cccc([C@H](C)N(C)C)c1)N1CC[C@@H](C2C=CC(F)=CC2)[C@H](CCc2ccc3c(c2)OCO3)C1. The van der Waals surface area contributed by atoms with Crippen molar-refractivity contribution in [3.63, 3.8) is 0 Å². The van der Waals surface area contributed by atoms with Gasteiger partial charge in [-0.3, -0.25) is 0 Å². The highest BCUT2D eigenvalue weighted by Gasteiger charge is 2.34. The molecule has 38 heavy (non-hydrogen) atoms. The van der Waals surface area contributed by atoms with E-state index in [1.807, 2.05) is 18.2 Å². The molecule has 2 aromatic rings. The number of nitrogens with zero attached hydrogens (tertiary/aromatic N) is 2. The molecule has 0 amide bonds. The van der Waals surface area contributed by atoms with Gasteiger partial charge in [0.05, 0.1) is 0 Å². The summed E-state index contributed by atoms with van der Waals surface area (Å²) >= 11 is 0. The standard InChI is InChI=1S/C32H39FN2O3/c1-22(34(3)4)26-6-5-7-29(19-26)38-23(2)35-17-16-30(25-11-13-28(33)14-12-25)27(20-35)10-8-24-9-15-31-32(18-24)37-21-36-31/h5-7,9,11,13-15,18-19,22,25,27,30H,2,8,10,12,16-17,20-21H2,1,3-4H3/t22-,25?,27+,30-/m0/s1. The summed E-state index contributed by atoms with van der Waals surface area (Å²) in [4.78, 5) is 4.47. The molecule has 0 aromatic heterocycles. The van der Waals surface area contributed by atoms with Gasteiger partial charge in [-0.15, -0.1) is 0 Å². The van der Waals surface area contributed by atoms with Crippen molar-refractivity contribution in [1.29, 1.82) is 0 Å². The van der Waals surface area contributed by atoms with Crippen molar-refractivity contribution >= 4 is 0 Å². The second-order valence-electron chi connectivity index (χ2n) is 10.9. The Kier molecular flexibility index (Phi) is 8.08. The van der Waals surface area contributed by atoms with Crippen molar-refractivity contribution in [2.75, 3.05) is 34.0 Å². The van der Waals surface area contributed by atoms with Crippen LogP contribution in [0.15, 0.2) is 79.0 Å². The van der Waals surface area contributed by atoms with Gasteiger partial charge in [-0.05, 0) is 119 Å². The van der Waals surface area contributed by atoms with E-state index in [0.717, 1.165) is 56.0 Å². The van der Waals surface area contributed by atoms with E-state index >= 15 is 0 Å². The van der Waals surface area contributed by atoms with Crippen LogP contribution in [-0.4, -0.2) is 43.8 Å². The predicted octanol–water partition coefficient (Wildman–Crippen LogP) is 6.89. The highest BCUT2D eigenvalue weighted by atomic mass is 19.1. The molecular weight excluding hydrogens is 479 g/mol. The molecule has 1 aliphatic carbocycles. The van der Waals surface area contributed by atoms with Gasteiger partial charge in [0.25, 0.3) is 0 Å². The van der Waals surface area contributed by atoms with Crippen molar-refractivity contribution < 1.29 is 18.6 Å². The fourth-order valence-corrected chi connectivity index (χ4v) is 5.86. The summed E-state index contributed by atoms with van der Waals surface area (Å²) in [5.41, 5.74) is 2.46. The van der Waals surface area contributed by atoms with Gasteiger partial charge >= 0.3 is 0 Å². The fraction of sp³-hybridized carbons (Fsp3) is 0.438. The van der Waals surface area contributed by atoms with E-state index in [-0.39, 0.29) is 12.6 Å². The minimum Gasteiger partial charge on any atom is -0.454 e. The number of hydrogen-bond donors (Lipinski definition) is 0. The number of ether oxygens (including phenoxy) is 3. The third-order valence-electron chi connectivity index (χ3n) is 8.37. The zero-order valence-electron chi connectivity index (χ0n) is 22.7. The number of rotatable bonds is 9. The van der Waals surface area contributed by atoms with Crippen molar-refractivity contribution in [3.05, 3.63) is 90.1 Å². The third kappa shape index (κ3) is 6.07. The van der Waals surface area contributed by atoms with Crippen LogP contribution in [0, 0.1) is 17.8 Å². The molecule has 0 bridgehead atoms. The van der Waals surface area contributed by atoms with Gasteiger partial charge in [0, 0.05) is 19.1 Å².